The second-order valence-corrected chi connectivity index (χ2v) is 6.22. The van der Waals surface area contributed by atoms with E-state index >= 15 is 0 Å². The van der Waals surface area contributed by atoms with Gasteiger partial charge in [-0.2, -0.15) is 0 Å². The first kappa shape index (κ1) is 16.9. The predicted octanol–water partition coefficient (Wildman–Crippen LogP) is 0.829. The number of nitrogens with two attached hydrogens (primary N) is 1. The van der Waals surface area contributed by atoms with Gasteiger partial charge in [0.05, 0.1) is 0 Å². The molecule has 2 rings (SSSR count). The lowest BCUT2D eigenvalue weighted by Gasteiger charge is -2.35. The molecule has 1 aliphatic rings. The zero-order valence-corrected chi connectivity index (χ0v) is 13.7. The zero-order valence-electron chi connectivity index (χ0n) is 13.7. The fourth-order valence-corrected chi connectivity index (χ4v) is 2.92. The lowest BCUT2D eigenvalue weighted by atomic mass is 10.0. The van der Waals surface area contributed by atoms with E-state index in [1.807, 2.05) is 30.3 Å². The number of hydrogen-bond donors (Lipinski definition) is 2. The average Bonchev–Trinajstić information content (AvgIpc) is 2.55. The molecule has 1 unspecified atom stereocenters. The van der Waals surface area contributed by atoms with Gasteiger partial charge in [-0.15, -0.1) is 0 Å². The summed E-state index contributed by atoms with van der Waals surface area (Å²) in [6.07, 6.45) is 2.40. The summed E-state index contributed by atoms with van der Waals surface area (Å²) >= 11 is 0. The first-order chi connectivity index (χ1) is 10.6. The highest BCUT2D eigenvalue weighted by Gasteiger charge is 2.20. The Morgan fingerprint density at radius 1 is 1.32 bits per heavy atom. The molecule has 1 amide bonds. The molecule has 0 aliphatic carbocycles. The number of piperidine rings is 1. The average molecular weight is 304 g/mol. The molecule has 5 heteroatoms. The van der Waals surface area contributed by atoms with E-state index in [2.05, 4.69) is 29.2 Å². The van der Waals surface area contributed by atoms with Crippen molar-refractivity contribution in [2.75, 3.05) is 40.3 Å². The summed E-state index contributed by atoms with van der Waals surface area (Å²) in [5.74, 6) is -0.102. The Morgan fingerprint density at radius 2 is 1.95 bits per heavy atom. The van der Waals surface area contributed by atoms with Crippen molar-refractivity contribution in [1.82, 2.24) is 15.1 Å². The quantitative estimate of drug-likeness (QED) is 0.817. The van der Waals surface area contributed by atoms with Crippen LogP contribution in [0.4, 0.5) is 0 Å². The van der Waals surface area contributed by atoms with Crippen LogP contribution >= 0.6 is 0 Å². The summed E-state index contributed by atoms with van der Waals surface area (Å²) in [4.78, 5) is 16.8. The minimum Gasteiger partial charge on any atom is -0.353 e. The normalized spacial score (nSPS) is 18.4. The lowest BCUT2D eigenvalue weighted by molar-refractivity contribution is -0.122. The maximum Gasteiger partial charge on any atom is 0.241 e. The summed E-state index contributed by atoms with van der Waals surface area (Å²) in [6.45, 7) is 3.76. The number of amides is 1. The molecule has 22 heavy (non-hydrogen) atoms. The number of carbonyl (C=O) groups excluding carboxylic acids is 1. The van der Waals surface area contributed by atoms with E-state index in [4.69, 9.17) is 5.73 Å². The summed E-state index contributed by atoms with van der Waals surface area (Å²) in [6, 6.07) is 9.60. The number of nitrogens with zero attached hydrogens (tertiary/aromatic N) is 2. The molecule has 1 atom stereocenters. The third kappa shape index (κ3) is 4.80. The molecule has 1 fully saturated rings. The van der Waals surface area contributed by atoms with E-state index < -0.39 is 6.04 Å². The predicted molar refractivity (Wildman–Crippen MR) is 89.5 cm³/mol. The second-order valence-electron chi connectivity index (χ2n) is 6.22. The Hall–Kier alpha value is -1.43. The maximum atomic E-state index is 12.1. The zero-order chi connectivity index (χ0) is 15.9. The van der Waals surface area contributed by atoms with Crippen LogP contribution in [0.3, 0.4) is 0 Å². The van der Waals surface area contributed by atoms with Crippen molar-refractivity contribution >= 4 is 5.91 Å². The van der Waals surface area contributed by atoms with Gasteiger partial charge in [0.2, 0.25) is 5.91 Å². The van der Waals surface area contributed by atoms with E-state index in [0.29, 0.717) is 12.6 Å². The highest BCUT2D eigenvalue weighted by molar-refractivity contribution is 5.82. The fourth-order valence-electron chi connectivity index (χ4n) is 2.92. The van der Waals surface area contributed by atoms with Crippen LogP contribution in [-0.4, -0.2) is 62.0 Å². The summed E-state index contributed by atoms with van der Waals surface area (Å²) in [5.41, 5.74) is 6.83. The Balaban J connectivity index is 1.67. The van der Waals surface area contributed by atoms with Crippen LogP contribution in [0.1, 0.15) is 24.4 Å². The third-order valence-electron chi connectivity index (χ3n) is 4.46. The first-order valence-corrected chi connectivity index (χ1v) is 8.05. The molecule has 0 aromatic heterocycles. The van der Waals surface area contributed by atoms with Crippen LogP contribution in [0.5, 0.6) is 0 Å². The van der Waals surface area contributed by atoms with Crippen molar-refractivity contribution < 1.29 is 4.79 Å². The molecule has 0 spiro atoms. The first-order valence-electron chi connectivity index (χ1n) is 8.05. The number of rotatable bonds is 6. The van der Waals surface area contributed by atoms with Crippen LogP contribution in [-0.2, 0) is 4.79 Å². The molecule has 0 radical (unpaired) electrons. The molecular weight excluding hydrogens is 276 g/mol. The largest absolute Gasteiger partial charge is 0.353 e. The van der Waals surface area contributed by atoms with Crippen LogP contribution in [0, 0.1) is 0 Å². The van der Waals surface area contributed by atoms with Crippen molar-refractivity contribution in [2.45, 2.75) is 24.9 Å². The SMILES string of the molecule is CN(C)C1CCN(CCNC(=O)C(N)c2ccccc2)CC1. The Labute approximate surface area is 133 Å². The Kier molecular flexibility index (Phi) is 6.36. The van der Waals surface area contributed by atoms with Crippen molar-refractivity contribution in [1.29, 1.82) is 0 Å². The van der Waals surface area contributed by atoms with Gasteiger partial charge in [-0.05, 0) is 45.6 Å². The van der Waals surface area contributed by atoms with E-state index in [0.717, 1.165) is 25.2 Å². The molecule has 0 bridgehead atoms. The second kappa shape index (κ2) is 8.27. The number of hydrogen-bond acceptors (Lipinski definition) is 4. The minimum atomic E-state index is -0.583. The summed E-state index contributed by atoms with van der Waals surface area (Å²) in [5, 5.41) is 2.95. The van der Waals surface area contributed by atoms with E-state index in [9.17, 15) is 4.79 Å². The lowest BCUT2D eigenvalue weighted by Crippen LogP contribution is -2.45. The van der Waals surface area contributed by atoms with Gasteiger partial charge in [-0.3, -0.25) is 4.79 Å². The standard InChI is InChI=1S/C17H28N4O/c1-20(2)15-8-11-21(12-9-15)13-10-19-17(22)16(18)14-6-4-3-5-7-14/h3-7,15-16H,8-13,18H2,1-2H3,(H,19,22). The molecule has 1 saturated heterocycles. The van der Waals surface area contributed by atoms with E-state index in [1.54, 1.807) is 0 Å². The molecule has 1 aliphatic heterocycles. The number of benzene rings is 1. The summed E-state index contributed by atoms with van der Waals surface area (Å²) in [7, 11) is 4.29. The van der Waals surface area contributed by atoms with Gasteiger partial charge in [0, 0.05) is 19.1 Å². The van der Waals surface area contributed by atoms with E-state index in [-0.39, 0.29) is 5.91 Å². The number of nitrogens with one attached hydrogen (secondary N) is 1. The van der Waals surface area contributed by atoms with Crippen LogP contribution in [0.2, 0.25) is 0 Å². The number of carbonyl (C=O) groups is 1. The molecule has 122 valence electrons. The Bertz CT molecular complexity index is 455. The van der Waals surface area contributed by atoms with Gasteiger partial charge in [0.1, 0.15) is 6.04 Å². The Morgan fingerprint density at radius 3 is 2.55 bits per heavy atom. The molecule has 3 N–H and O–H groups in total. The third-order valence-corrected chi connectivity index (χ3v) is 4.46. The van der Waals surface area contributed by atoms with Gasteiger partial charge >= 0.3 is 0 Å². The highest BCUT2D eigenvalue weighted by Crippen LogP contribution is 2.13. The molecule has 0 saturated carbocycles. The molecule has 1 aromatic rings. The highest BCUT2D eigenvalue weighted by atomic mass is 16.2. The van der Waals surface area contributed by atoms with Gasteiger partial charge in [0.15, 0.2) is 0 Å². The molecule has 1 heterocycles. The summed E-state index contributed by atoms with van der Waals surface area (Å²) < 4.78 is 0. The van der Waals surface area contributed by atoms with Crippen LogP contribution < -0.4 is 11.1 Å². The fraction of sp³-hybridized carbons (Fsp3) is 0.588. The van der Waals surface area contributed by atoms with Crippen molar-refractivity contribution in [2.24, 2.45) is 5.73 Å². The van der Waals surface area contributed by atoms with Crippen LogP contribution in [0.15, 0.2) is 30.3 Å². The number of likely N-dealkylation sites (tertiary alicyclic amines) is 1. The maximum absolute atomic E-state index is 12.1. The van der Waals surface area contributed by atoms with Gasteiger partial charge < -0.3 is 20.9 Å². The minimum absolute atomic E-state index is 0.102. The molecule has 1 aromatic carbocycles. The topological polar surface area (TPSA) is 61.6 Å². The van der Waals surface area contributed by atoms with Crippen molar-refractivity contribution in [3.63, 3.8) is 0 Å². The van der Waals surface area contributed by atoms with E-state index in [1.165, 1.54) is 12.8 Å². The van der Waals surface area contributed by atoms with Crippen LogP contribution in [0.25, 0.3) is 0 Å². The van der Waals surface area contributed by atoms with Crippen molar-refractivity contribution in [3.8, 4) is 0 Å². The van der Waals surface area contributed by atoms with Gasteiger partial charge in [-0.25, -0.2) is 0 Å². The molecular formula is C17H28N4O. The molecule has 5 nitrogen and oxygen atoms in total. The monoisotopic (exact) mass is 304 g/mol. The smallest absolute Gasteiger partial charge is 0.241 e. The van der Waals surface area contributed by atoms with Crippen molar-refractivity contribution in [3.05, 3.63) is 35.9 Å². The van der Waals surface area contributed by atoms with Gasteiger partial charge in [-0.1, -0.05) is 30.3 Å². The van der Waals surface area contributed by atoms with Gasteiger partial charge in [0.25, 0.3) is 0 Å².